The number of carbonyl (C=O) groups excluding carboxylic acids is 3. The van der Waals surface area contributed by atoms with Crippen LogP contribution in [-0.4, -0.2) is 29.4 Å². The maximum atomic E-state index is 13.1. The standard InChI is InChI=1S/C26H20ClN3O7/c1-2-36-23-13-17(8-11-22(23)37-15-16-6-9-19(10-7-16)30(34)35)12-21-24(31)28-26(33)29(25(21)32)20-5-3-4-18(27)14-20/h3-14H,2,15H2,1H3,(H,28,31,33)/b21-12+. The van der Waals surface area contributed by atoms with Crippen LogP contribution < -0.4 is 19.7 Å². The van der Waals surface area contributed by atoms with Gasteiger partial charge in [-0.3, -0.25) is 25.0 Å². The second-order valence-corrected chi connectivity index (χ2v) is 8.23. The van der Waals surface area contributed by atoms with E-state index in [0.29, 0.717) is 28.7 Å². The van der Waals surface area contributed by atoms with E-state index in [0.717, 1.165) is 10.5 Å². The second kappa shape index (κ2) is 10.9. The first-order valence-electron chi connectivity index (χ1n) is 11.1. The molecule has 37 heavy (non-hydrogen) atoms. The maximum absolute atomic E-state index is 13.1. The van der Waals surface area contributed by atoms with Crippen molar-refractivity contribution in [3.63, 3.8) is 0 Å². The van der Waals surface area contributed by atoms with Crippen LogP contribution in [0.1, 0.15) is 18.1 Å². The lowest BCUT2D eigenvalue weighted by Crippen LogP contribution is -2.54. The van der Waals surface area contributed by atoms with E-state index in [1.807, 2.05) is 0 Å². The van der Waals surface area contributed by atoms with Crippen LogP contribution in [0.3, 0.4) is 0 Å². The average molecular weight is 522 g/mol. The first-order valence-corrected chi connectivity index (χ1v) is 11.4. The van der Waals surface area contributed by atoms with Gasteiger partial charge in [0.25, 0.3) is 17.5 Å². The molecule has 1 heterocycles. The summed E-state index contributed by atoms with van der Waals surface area (Å²) in [4.78, 5) is 49.2. The summed E-state index contributed by atoms with van der Waals surface area (Å²) in [5, 5.41) is 13.3. The molecule has 0 aromatic heterocycles. The van der Waals surface area contributed by atoms with Gasteiger partial charge in [-0.2, -0.15) is 0 Å². The fraction of sp³-hybridized carbons (Fsp3) is 0.115. The highest BCUT2D eigenvalue weighted by atomic mass is 35.5. The number of amides is 4. The number of hydrogen-bond acceptors (Lipinski definition) is 7. The predicted octanol–water partition coefficient (Wildman–Crippen LogP) is 4.89. The molecule has 1 N–H and O–H groups in total. The molecule has 11 heteroatoms. The lowest BCUT2D eigenvalue weighted by Gasteiger charge is -2.26. The summed E-state index contributed by atoms with van der Waals surface area (Å²) in [7, 11) is 0. The quantitative estimate of drug-likeness (QED) is 0.193. The maximum Gasteiger partial charge on any atom is 0.335 e. The number of nitro benzene ring substituents is 1. The summed E-state index contributed by atoms with van der Waals surface area (Å²) in [5.41, 5.74) is 1.13. The minimum Gasteiger partial charge on any atom is -0.490 e. The molecule has 10 nitrogen and oxygen atoms in total. The molecule has 4 amide bonds. The third kappa shape index (κ3) is 5.76. The number of non-ortho nitro benzene ring substituents is 1. The molecule has 3 aromatic carbocycles. The Morgan fingerprint density at radius 3 is 2.43 bits per heavy atom. The van der Waals surface area contributed by atoms with E-state index in [4.69, 9.17) is 21.1 Å². The fourth-order valence-electron chi connectivity index (χ4n) is 3.55. The number of halogens is 1. The van der Waals surface area contributed by atoms with Crippen LogP contribution in [-0.2, 0) is 16.2 Å². The SMILES string of the molecule is CCOc1cc(/C=C2\C(=O)NC(=O)N(c3cccc(Cl)c3)C2=O)ccc1OCc1ccc([N+](=O)[O-])cc1. The molecule has 4 rings (SSSR count). The van der Waals surface area contributed by atoms with Crippen molar-refractivity contribution in [1.29, 1.82) is 0 Å². The number of hydrogen-bond donors (Lipinski definition) is 1. The Kier molecular flexibility index (Phi) is 7.49. The summed E-state index contributed by atoms with van der Waals surface area (Å²) < 4.78 is 11.5. The normalized spacial score (nSPS) is 14.5. The summed E-state index contributed by atoms with van der Waals surface area (Å²) >= 11 is 6.00. The molecule has 3 aromatic rings. The Hall–Kier alpha value is -4.70. The van der Waals surface area contributed by atoms with Crippen molar-refractivity contribution in [3.05, 3.63) is 98.6 Å². The third-order valence-electron chi connectivity index (χ3n) is 5.29. The number of benzene rings is 3. The number of barbiturate groups is 1. The molecule has 188 valence electrons. The smallest absolute Gasteiger partial charge is 0.335 e. The monoisotopic (exact) mass is 521 g/mol. The number of nitro groups is 1. The molecule has 1 aliphatic heterocycles. The second-order valence-electron chi connectivity index (χ2n) is 7.79. The van der Waals surface area contributed by atoms with E-state index in [9.17, 15) is 24.5 Å². The van der Waals surface area contributed by atoms with Gasteiger partial charge < -0.3 is 9.47 Å². The average Bonchev–Trinajstić information content (AvgIpc) is 2.86. The predicted molar refractivity (Wildman–Crippen MR) is 135 cm³/mol. The highest BCUT2D eigenvalue weighted by molar-refractivity contribution is 6.39. The number of rotatable bonds is 8. The van der Waals surface area contributed by atoms with Gasteiger partial charge in [0, 0.05) is 17.2 Å². The first-order chi connectivity index (χ1) is 17.8. The van der Waals surface area contributed by atoms with Crippen molar-refractivity contribution in [2.24, 2.45) is 0 Å². The van der Waals surface area contributed by atoms with Crippen LogP contribution in [0.25, 0.3) is 6.08 Å². The highest BCUT2D eigenvalue weighted by Crippen LogP contribution is 2.31. The molecule has 0 radical (unpaired) electrons. The van der Waals surface area contributed by atoms with E-state index in [1.54, 1.807) is 49.4 Å². The zero-order valence-corrected chi connectivity index (χ0v) is 20.2. The molecular formula is C26H20ClN3O7. The van der Waals surface area contributed by atoms with Gasteiger partial charge in [0.15, 0.2) is 11.5 Å². The Bertz CT molecular complexity index is 1420. The molecule has 0 bridgehead atoms. The van der Waals surface area contributed by atoms with Crippen molar-refractivity contribution in [3.8, 4) is 11.5 Å². The minimum atomic E-state index is -0.876. The molecular weight excluding hydrogens is 502 g/mol. The summed E-state index contributed by atoms with van der Waals surface area (Å²) in [5.74, 6) is -0.861. The van der Waals surface area contributed by atoms with E-state index < -0.39 is 22.8 Å². The van der Waals surface area contributed by atoms with Crippen molar-refractivity contribution in [2.45, 2.75) is 13.5 Å². The van der Waals surface area contributed by atoms with Gasteiger partial charge in [-0.1, -0.05) is 23.7 Å². The topological polar surface area (TPSA) is 128 Å². The van der Waals surface area contributed by atoms with Crippen LogP contribution in [0.4, 0.5) is 16.2 Å². The minimum absolute atomic E-state index is 0.0203. The van der Waals surface area contributed by atoms with E-state index in [1.165, 1.54) is 30.3 Å². The highest BCUT2D eigenvalue weighted by Gasteiger charge is 2.36. The van der Waals surface area contributed by atoms with Crippen LogP contribution in [0.5, 0.6) is 11.5 Å². The number of ether oxygens (including phenoxy) is 2. The number of carbonyl (C=O) groups is 3. The lowest BCUT2D eigenvalue weighted by atomic mass is 10.1. The van der Waals surface area contributed by atoms with Gasteiger partial charge in [-0.25, -0.2) is 9.69 Å². The number of imide groups is 2. The Balaban J connectivity index is 1.58. The Morgan fingerprint density at radius 2 is 1.76 bits per heavy atom. The van der Waals surface area contributed by atoms with Gasteiger partial charge in [0.05, 0.1) is 17.2 Å². The lowest BCUT2D eigenvalue weighted by molar-refractivity contribution is -0.384. The molecule has 0 spiro atoms. The van der Waals surface area contributed by atoms with Crippen LogP contribution >= 0.6 is 11.6 Å². The van der Waals surface area contributed by atoms with Crippen LogP contribution in [0.15, 0.2) is 72.3 Å². The fourth-order valence-corrected chi connectivity index (χ4v) is 3.74. The van der Waals surface area contributed by atoms with Gasteiger partial charge in [0.1, 0.15) is 12.2 Å². The summed E-state index contributed by atoms with van der Waals surface area (Å²) in [6.45, 7) is 2.25. The van der Waals surface area contributed by atoms with Gasteiger partial charge >= 0.3 is 6.03 Å². The number of urea groups is 1. The van der Waals surface area contributed by atoms with Gasteiger partial charge in [-0.05, 0) is 66.6 Å². The van der Waals surface area contributed by atoms with Crippen LogP contribution in [0, 0.1) is 10.1 Å². The number of nitrogens with zero attached hydrogens (tertiary/aromatic N) is 2. The van der Waals surface area contributed by atoms with Crippen LogP contribution in [0.2, 0.25) is 5.02 Å². The zero-order valence-electron chi connectivity index (χ0n) is 19.5. The van der Waals surface area contributed by atoms with Crippen molar-refractivity contribution < 1.29 is 28.8 Å². The van der Waals surface area contributed by atoms with E-state index >= 15 is 0 Å². The van der Waals surface area contributed by atoms with Crippen molar-refractivity contribution in [1.82, 2.24) is 5.32 Å². The Labute approximate surface area is 216 Å². The molecule has 0 aliphatic carbocycles. The number of anilines is 1. The zero-order chi connectivity index (χ0) is 26.5. The summed E-state index contributed by atoms with van der Waals surface area (Å²) in [6.07, 6.45) is 1.35. The molecule has 0 saturated carbocycles. The van der Waals surface area contributed by atoms with Gasteiger partial charge in [-0.15, -0.1) is 0 Å². The molecule has 1 fully saturated rings. The van der Waals surface area contributed by atoms with E-state index in [-0.39, 0.29) is 23.6 Å². The Morgan fingerprint density at radius 1 is 1.00 bits per heavy atom. The molecule has 0 unspecified atom stereocenters. The first kappa shape index (κ1) is 25.4. The third-order valence-corrected chi connectivity index (χ3v) is 5.52. The largest absolute Gasteiger partial charge is 0.490 e. The van der Waals surface area contributed by atoms with Crippen molar-refractivity contribution in [2.75, 3.05) is 11.5 Å². The summed E-state index contributed by atoms with van der Waals surface area (Å²) in [6, 6.07) is 16.1. The van der Waals surface area contributed by atoms with Gasteiger partial charge in [0.2, 0.25) is 0 Å². The molecule has 1 saturated heterocycles. The number of nitrogens with one attached hydrogen (secondary N) is 1. The van der Waals surface area contributed by atoms with Crippen molar-refractivity contribution >= 4 is 46.9 Å². The molecule has 1 aliphatic rings. The molecule has 0 atom stereocenters. The van der Waals surface area contributed by atoms with E-state index in [2.05, 4.69) is 5.32 Å².